The molecule has 0 aliphatic carbocycles. The zero-order valence-corrected chi connectivity index (χ0v) is 19.4. The SMILES string of the molecule is Fc1ccc(COc2c(Br)cc(Br)cc2CNc2ccc(Br)c(Cl)c2)cc1. The molecular weight excluding hydrogens is 564 g/mol. The van der Waals surface area contributed by atoms with E-state index in [1.807, 2.05) is 30.3 Å². The molecule has 140 valence electrons. The summed E-state index contributed by atoms with van der Waals surface area (Å²) < 4.78 is 21.7. The highest BCUT2D eigenvalue weighted by atomic mass is 79.9. The lowest BCUT2D eigenvalue weighted by Gasteiger charge is -2.16. The summed E-state index contributed by atoms with van der Waals surface area (Å²) in [6.07, 6.45) is 0. The Morgan fingerprint density at radius 2 is 1.67 bits per heavy atom. The highest BCUT2D eigenvalue weighted by Crippen LogP contribution is 2.34. The van der Waals surface area contributed by atoms with E-state index in [-0.39, 0.29) is 5.82 Å². The van der Waals surface area contributed by atoms with Crippen LogP contribution in [0.3, 0.4) is 0 Å². The third-order valence-electron chi connectivity index (χ3n) is 3.78. The Hall–Kier alpha value is -1.08. The molecule has 3 aromatic carbocycles. The number of rotatable bonds is 6. The summed E-state index contributed by atoms with van der Waals surface area (Å²) in [6, 6.07) is 15.9. The molecule has 0 atom stereocenters. The third-order valence-corrected chi connectivity index (χ3v) is 6.06. The summed E-state index contributed by atoms with van der Waals surface area (Å²) in [7, 11) is 0. The molecule has 0 aliphatic heterocycles. The highest BCUT2D eigenvalue weighted by molar-refractivity contribution is 9.11. The van der Waals surface area contributed by atoms with Crippen molar-refractivity contribution < 1.29 is 9.13 Å². The molecule has 0 unspecified atom stereocenters. The van der Waals surface area contributed by atoms with E-state index in [0.29, 0.717) is 18.2 Å². The summed E-state index contributed by atoms with van der Waals surface area (Å²) in [5.41, 5.74) is 2.77. The first-order chi connectivity index (χ1) is 12.9. The Morgan fingerprint density at radius 3 is 2.37 bits per heavy atom. The van der Waals surface area contributed by atoms with Crippen molar-refractivity contribution in [2.75, 3.05) is 5.32 Å². The van der Waals surface area contributed by atoms with Gasteiger partial charge in [0.05, 0.1) is 9.50 Å². The smallest absolute Gasteiger partial charge is 0.139 e. The van der Waals surface area contributed by atoms with Crippen LogP contribution in [-0.4, -0.2) is 0 Å². The predicted octanol–water partition coefficient (Wildman–Crippen LogP) is 7.96. The lowest BCUT2D eigenvalue weighted by atomic mass is 10.2. The highest BCUT2D eigenvalue weighted by Gasteiger charge is 2.11. The lowest BCUT2D eigenvalue weighted by molar-refractivity contribution is 0.301. The van der Waals surface area contributed by atoms with Gasteiger partial charge in [0.2, 0.25) is 0 Å². The van der Waals surface area contributed by atoms with E-state index in [1.54, 1.807) is 12.1 Å². The molecule has 0 aromatic heterocycles. The number of benzene rings is 3. The Morgan fingerprint density at radius 1 is 0.926 bits per heavy atom. The zero-order valence-electron chi connectivity index (χ0n) is 13.9. The number of nitrogens with one attached hydrogen (secondary N) is 1. The van der Waals surface area contributed by atoms with E-state index in [4.69, 9.17) is 16.3 Å². The maximum absolute atomic E-state index is 13.1. The van der Waals surface area contributed by atoms with Gasteiger partial charge in [-0.05, 0) is 79.9 Å². The van der Waals surface area contributed by atoms with Crippen LogP contribution in [0.15, 0.2) is 68.0 Å². The van der Waals surface area contributed by atoms with Crippen molar-refractivity contribution in [2.24, 2.45) is 0 Å². The van der Waals surface area contributed by atoms with Crippen LogP contribution >= 0.6 is 59.4 Å². The first-order valence-corrected chi connectivity index (χ1v) is 10.7. The van der Waals surface area contributed by atoms with Crippen LogP contribution in [0.25, 0.3) is 0 Å². The van der Waals surface area contributed by atoms with Gasteiger partial charge < -0.3 is 10.1 Å². The molecule has 7 heteroatoms. The Balaban J connectivity index is 1.77. The maximum Gasteiger partial charge on any atom is 0.139 e. The van der Waals surface area contributed by atoms with Gasteiger partial charge in [0.1, 0.15) is 18.2 Å². The first kappa shape index (κ1) is 20.6. The van der Waals surface area contributed by atoms with E-state index in [0.717, 1.165) is 36.0 Å². The first-order valence-electron chi connectivity index (χ1n) is 7.96. The van der Waals surface area contributed by atoms with Crippen LogP contribution in [0.1, 0.15) is 11.1 Å². The molecule has 3 aromatic rings. The topological polar surface area (TPSA) is 21.3 Å². The predicted molar refractivity (Wildman–Crippen MR) is 119 cm³/mol. The van der Waals surface area contributed by atoms with Crippen LogP contribution in [0.4, 0.5) is 10.1 Å². The second-order valence-electron chi connectivity index (χ2n) is 5.77. The molecule has 0 saturated carbocycles. The van der Waals surface area contributed by atoms with E-state index in [1.165, 1.54) is 12.1 Å². The summed E-state index contributed by atoms with van der Waals surface area (Å²) >= 11 is 16.6. The molecule has 27 heavy (non-hydrogen) atoms. The number of hydrogen-bond acceptors (Lipinski definition) is 2. The summed E-state index contributed by atoms with van der Waals surface area (Å²) in [5, 5.41) is 3.99. The minimum atomic E-state index is -0.262. The van der Waals surface area contributed by atoms with Crippen molar-refractivity contribution in [3.63, 3.8) is 0 Å². The van der Waals surface area contributed by atoms with Crippen molar-refractivity contribution in [3.8, 4) is 5.75 Å². The molecule has 0 spiro atoms. The molecule has 2 nitrogen and oxygen atoms in total. The Bertz CT molecular complexity index is 951. The van der Waals surface area contributed by atoms with Crippen LogP contribution < -0.4 is 10.1 Å². The molecule has 0 saturated heterocycles. The molecule has 0 radical (unpaired) electrons. The van der Waals surface area contributed by atoms with Crippen LogP contribution in [0, 0.1) is 5.82 Å². The summed E-state index contributed by atoms with van der Waals surface area (Å²) in [6.45, 7) is 0.895. The minimum absolute atomic E-state index is 0.262. The van der Waals surface area contributed by atoms with Gasteiger partial charge in [0, 0.05) is 26.7 Å². The molecule has 0 bridgehead atoms. The lowest BCUT2D eigenvalue weighted by Crippen LogP contribution is -2.05. The molecule has 3 rings (SSSR count). The fraction of sp³-hybridized carbons (Fsp3) is 0.100. The number of anilines is 1. The largest absolute Gasteiger partial charge is 0.487 e. The third kappa shape index (κ3) is 5.70. The van der Waals surface area contributed by atoms with E-state index >= 15 is 0 Å². The summed E-state index contributed by atoms with van der Waals surface area (Å²) in [5.74, 6) is 0.472. The monoisotopic (exact) mass is 575 g/mol. The number of ether oxygens (including phenoxy) is 1. The van der Waals surface area contributed by atoms with Crippen LogP contribution in [0.2, 0.25) is 5.02 Å². The summed E-state index contributed by atoms with van der Waals surface area (Å²) in [4.78, 5) is 0. The molecule has 0 amide bonds. The normalized spacial score (nSPS) is 10.7. The maximum atomic E-state index is 13.1. The van der Waals surface area contributed by atoms with Gasteiger partial charge in [0.15, 0.2) is 0 Å². The van der Waals surface area contributed by atoms with Crippen molar-refractivity contribution in [1.29, 1.82) is 0 Å². The molecule has 0 heterocycles. The minimum Gasteiger partial charge on any atom is -0.487 e. The van der Waals surface area contributed by atoms with Crippen molar-refractivity contribution in [2.45, 2.75) is 13.2 Å². The van der Waals surface area contributed by atoms with Crippen molar-refractivity contribution in [1.82, 2.24) is 0 Å². The van der Waals surface area contributed by atoms with Gasteiger partial charge in [0.25, 0.3) is 0 Å². The second-order valence-corrected chi connectivity index (χ2v) is 8.80. The van der Waals surface area contributed by atoms with E-state index in [9.17, 15) is 4.39 Å². The quantitative estimate of drug-likeness (QED) is 0.321. The standard InChI is InChI=1S/C20H14Br3ClFNO/c21-14-7-13(10-26-16-5-6-17(22)19(24)9-16)20(18(23)8-14)27-11-12-1-3-15(25)4-2-12/h1-9,26H,10-11H2. The van der Waals surface area contributed by atoms with E-state index in [2.05, 4.69) is 53.1 Å². The van der Waals surface area contributed by atoms with Crippen LogP contribution in [-0.2, 0) is 13.2 Å². The zero-order chi connectivity index (χ0) is 19.4. The van der Waals surface area contributed by atoms with Gasteiger partial charge in [-0.25, -0.2) is 4.39 Å². The number of hydrogen-bond donors (Lipinski definition) is 1. The van der Waals surface area contributed by atoms with Gasteiger partial charge in [-0.15, -0.1) is 0 Å². The average molecular weight is 579 g/mol. The fourth-order valence-corrected chi connectivity index (χ4v) is 4.30. The van der Waals surface area contributed by atoms with E-state index < -0.39 is 0 Å². The van der Waals surface area contributed by atoms with Crippen molar-refractivity contribution >= 4 is 65.1 Å². The van der Waals surface area contributed by atoms with Gasteiger partial charge in [-0.3, -0.25) is 0 Å². The molecule has 0 fully saturated rings. The molecule has 0 aliphatic rings. The fourth-order valence-electron chi connectivity index (χ4n) is 2.45. The average Bonchev–Trinajstić information content (AvgIpc) is 2.63. The second kappa shape index (κ2) is 9.41. The van der Waals surface area contributed by atoms with Gasteiger partial charge >= 0.3 is 0 Å². The molecule has 1 N–H and O–H groups in total. The van der Waals surface area contributed by atoms with Crippen molar-refractivity contribution in [3.05, 3.63) is 90.0 Å². The Kier molecular flexibility index (Phi) is 7.20. The van der Waals surface area contributed by atoms with Gasteiger partial charge in [-0.1, -0.05) is 39.7 Å². The van der Waals surface area contributed by atoms with Gasteiger partial charge in [-0.2, -0.15) is 0 Å². The number of halogens is 5. The molecular formula is C20H14Br3ClFNO. The van der Waals surface area contributed by atoms with Crippen LogP contribution in [0.5, 0.6) is 5.75 Å². The Labute approximate surface area is 187 Å².